The van der Waals surface area contributed by atoms with Crippen molar-refractivity contribution in [1.82, 2.24) is 14.3 Å². The van der Waals surface area contributed by atoms with Gasteiger partial charge in [-0.2, -0.15) is 0 Å². The van der Waals surface area contributed by atoms with Crippen LogP contribution in [-0.2, 0) is 19.6 Å². The van der Waals surface area contributed by atoms with Gasteiger partial charge in [-0.25, -0.2) is 22.5 Å². The minimum Gasteiger partial charge on any atom is -0.451 e. The molecule has 0 spiro atoms. The Hall–Kier alpha value is -2.85. The molecular weight excluding hydrogens is 348 g/mol. The van der Waals surface area contributed by atoms with Crippen LogP contribution in [0.3, 0.4) is 0 Å². The number of carbonyl (C=O) groups is 2. The fourth-order valence-electron chi connectivity index (χ4n) is 1.73. The number of carbonyl (C=O) groups excluding carboxylic acids is 2. The summed E-state index contributed by atoms with van der Waals surface area (Å²) in [6.07, 6.45) is 3.97. The van der Waals surface area contributed by atoms with Gasteiger partial charge in [-0.15, -0.1) is 0 Å². The minimum atomic E-state index is -3.54. The molecule has 132 valence electrons. The Morgan fingerprint density at radius 3 is 2.40 bits per heavy atom. The summed E-state index contributed by atoms with van der Waals surface area (Å²) in [7, 11) is -0.682. The molecule has 0 saturated carbocycles. The van der Waals surface area contributed by atoms with Gasteiger partial charge in [0.25, 0.3) is 5.91 Å². The summed E-state index contributed by atoms with van der Waals surface area (Å²) in [5.74, 6) is -1.34. The maximum absolute atomic E-state index is 11.9. The Balaban J connectivity index is 1.92. The van der Waals surface area contributed by atoms with Gasteiger partial charge in [-0.3, -0.25) is 9.78 Å². The quantitative estimate of drug-likeness (QED) is 0.742. The Morgan fingerprint density at radius 2 is 1.84 bits per heavy atom. The second kappa shape index (κ2) is 7.81. The Bertz CT molecular complexity index is 851. The molecule has 0 radical (unpaired) electrons. The molecule has 1 aromatic carbocycles. The zero-order chi connectivity index (χ0) is 18.4. The third-order valence-electron chi connectivity index (χ3n) is 3.02. The minimum absolute atomic E-state index is 0.00598. The molecule has 0 aliphatic carbocycles. The first-order chi connectivity index (χ1) is 11.8. The van der Waals surface area contributed by atoms with E-state index >= 15 is 0 Å². The third-order valence-corrected chi connectivity index (χ3v) is 4.85. The number of amides is 1. The van der Waals surface area contributed by atoms with Crippen LogP contribution in [0.15, 0.2) is 47.8 Å². The van der Waals surface area contributed by atoms with Crippen molar-refractivity contribution < 1.29 is 22.7 Å². The van der Waals surface area contributed by atoms with Gasteiger partial charge in [-0.1, -0.05) is 0 Å². The lowest BCUT2D eigenvalue weighted by atomic mass is 10.3. The molecule has 0 saturated heterocycles. The third kappa shape index (κ3) is 4.81. The van der Waals surface area contributed by atoms with Gasteiger partial charge < -0.3 is 10.1 Å². The largest absolute Gasteiger partial charge is 0.451 e. The Morgan fingerprint density at radius 1 is 1.16 bits per heavy atom. The molecule has 2 rings (SSSR count). The molecule has 0 aliphatic rings. The number of hydrogen-bond acceptors (Lipinski definition) is 7. The summed E-state index contributed by atoms with van der Waals surface area (Å²) in [6, 6.07) is 5.63. The van der Waals surface area contributed by atoms with E-state index in [1.807, 2.05) is 0 Å². The van der Waals surface area contributed by atoms with Crippen molar-refractivity contribution in [3.05, 3.63) is 48.5 Å². The number of ether oxygens (including phenoxy) is 1. The molecule has 9 nitrogen and oxygen atoms in total. The highest BCUT2D eigenvalue weighted by Gasteiger charge is 2.17. The van der Waals surface area contributed by atoms with E-state index in [4.69, 9.17) is 4.74 Å². The fraction of sp³-hybridized carbons (Fsp3) is 0.200. The van der Waals surface area contributed by atoms with Crippen LogP contribution in [0.2, 0.25) is 0 Å². The van der Waals surface area contributed by atoms with Gasteiger partial charge in [0.15, 0.2) is 12.3 Å². The number of hydrogen-bond donors (Lipinski definition) is 1. The summed E-state index contributed by atoms with van der Waals surface area (Å²) >= 11 is 0. The van der Waals surface area contributed by atoms with E-state index in [2.05, 4.69) is 15.3 Å². The predicted octanol–water partition coefficient (Wildman–Crippen LogP) is 0.522. The highest BCUT2D eigenvalue weighted by atomic mass is 32.2. The van der Waals surface area contributed by atoms with Crippen molar-refractivity contribution in [3.63, 3.8) is 0 Å². The number of nitrogens with one attached hydrogen (secondary N) is 1. The number of benzene rings is 1. The average Bonchev–Trinajstić information content (AvgIpc) is 2.60. The SMILES string of the molecule is CN(C)S(=O)(=O)c1ccc(NC(=O)COC(=O)c2cnccn2)cc1. The molecule has 1 N–H and O–H groups in total. The molecule has 0 bridgehead atoms. The van der Waals surface area contributed by atoms with Gasteiger partial charge in [0.2, 0.25) is 10.0 Å². The number of rotatable bonds is 6. The second-order valence-electron chi connectivity index (χ2n) is 5.03. The first kappa shape index (κ1) is 18.5. The predicted molar refractivity (Wildman–Crippen MR) is 88.3 cm³/mol. The van der Waals surface area contributed by atoms with Crippen molar-refractivity contribution in [2.75, 3.05) is 26.0 Å². The second-order valence-corrected chi connectivity index (χ2v) is 7.18. The fourth-order valence-corrected chi connectivity index (χ4v) is 2.63. The van der Waals surface area contributed by atoms with E-state index in [9.17, 15) is 18.0 Å². The summed E-state index contributed by atoms with van der Waals surface area (Å²) in [4.78, 5) is 31.0. The van der Waals surface area contributed by atoms with E-state index < -0.39 is 28.5 Å². The summed E-state index contributed by atoms with van der Waals surface area (Å²) in [5.41, 5.74) is 0.367. The van der Waals surface area contributed by atoms with Crippen molar-refractivity contribution in [1.29, 1.82) is 0 Å². The van der Waals surface area contributed by atoms with E-state index in [1.165, 1.54) is 57.0 Å². The first-order valence-electron chi connectivity index (χ1n) is 7.06. The van der Waals surface area contributed by atoms with Gasteiger partial charge in [0.05, 0.1) is 11.1 Å². The number of anilines is 1. The van der Waals surface area contributed by atoms with E-state index in [0.29, 0.717) is 5.69 Å². The maximum Gasteiger partial charge on any atom is 0.359 e. The van der Waals surface area contributed by atoms with Crippen LogP contribution in [-0.4, -0.2) is 55.3 Å². The number of aromatic nitrogens is 2. The molecule has 0 aliphatic heterocycles. The molecule has 0 unspecified atom stereocenters. The molecule has 1 amide bonds. The summed E-state index contributed by atoms with van der Waals surface area (Å²) in [5, 5.41) is 2.50. The van der Waals surface area contributed by atoms with Gasteiger partial charge >= 0.3 is 5.97 Å². The maximum atomic E-state index is 11.9. The Labute approximate surface area is 144 Å². The zero-order valence-electron chi connectivity index (χ0n) is 13.5. The first-order valence-corrected chi connectivity index (χ1v) is 8.50. The summed E-state index contributed by atoms with van der Waals surface area (Å²) in [6.45, 7) is -0.507. The van der Waals surface area contributed by atoms with Gasteiger partial charge in [0.1, 0.15) is 0 Å². The van der Waals surface area contributed by atoms with Gasteiger partial charge in [0, 0.05) is 32.2 Å². The van der Waals surface area contributed by atoms with Crippen LogP contribution in [0, 0.1) is 0 Å². The average molecular weight is 364 g/mol. The molecule has 1 heterocycles. The highest BCUT2D eigenvalue weighted by Crippen LogP contribution is 2.16. The van der Waals surface area contributed by atoms with Crippen molar-refractivity contribution in [3.8, 4) is 0 Å². The van der Waals surface area contributed by atoms with Crippen LogP contribution in [0.5, 0.6) is 0 Å². The van der Waals surface area contributed by atoms with Crippen molar-refractivity contribution >= 4 is 27.6 Å². The monoisotopic (exact) mass is 364 g/mol. The molecule has 0 fully saturated rings. The van der Waals surface area contributed by atoms with Gasteiger partial charge in [-0.05, 0) is 24.3 Å². The number of sulfonamides is 1. The standard InChI is InChI=1S/C15H16N4O5S/c1-19(2)25(22,23)12-5-3-11(4-6-12)18-14(20)10-24-15(21)13-9-16-7-8-17-13/h3-9H,10H2,1-2H3,(H,18,20). The Kier molecular flexibility index (Phi) is 5.78. The van der Waals surface area contributed by atoms with Crippen molar-refractivity contribution in [2.24, 2.45) is 0 Å². The summed E-state index contributed by atoms with van der Waals surface area (Å²) < 4.78 is 29.8. The van der Waals surface area contributed by atoms with Crippen LogP contribution >= 0.6 is 0 Å². The molecule has 0 atom stereocenters. The van der Waals surface area contributed by atoms with Crippen LogP contribution in [0.1, 0.15) is 10.5 Å². The lowest BCUT2D eigenvalue weighted by molar-refractivity contribution is -0.119. The lowest BCUT2D eigenvalue weighted by Crippen LogP contribution is -2.23. The highest BCUT2D eigenvalue weighted by molar-refractivity contribution is 7.89. The van der Waals surface area contributed by atoms with Crippen LogP contribution in [0.25, 0.3) is 0 Å². The van der Waals surface area contributed by atoms with Crippen LogP contribution < -0.4 is 5.32 Å². The van der Waals surface area contributed by atoms with Crippen molar-refractivity contribution in [2.45, 2.75) is 4.90 Å². The van der Waals surface area contributed by atoms with E-state index in [-0.39, 0.29) is 10.6 Å². The normalized spacial score (nSPS) is 11.2. The molecule has 10 heteroatoms. The number of esters is 1. The van der Waals surface area contributed by atoms with Crippen LogP contribution in [0.4, 0.5) is 5.69 Å². The number of nitrogens with zero attached hydrogens (tertiary/aromatic N) is 3. The smallest absolute Gasteiger partial charge is 0.359 e. The van der Waals surface area contributed by atoms with E-state index in [0.717, 1.165) is 4.31 Å². The lowest BCUT2D eigenvalue weighted by Gasteiger charge is -2.12. The molecule has 1 aromatic heterocycles. The topological polar surface area (TPSA) is 119 Å². The zero-order valence-corrected chi connectivity index (χ0v) is 14.4. The molecular formula is C15H16N4O5S. The molecule has 2 aromatic rings. The molecule has 25 heavy (non-hydrogen) atoms. The van der Waals surface area contributed by atoms with E-state index in [1.54, 1.807) is 0 Å².